The highest BCUT2D eigenvalue weighted by Gasteiger charge is 2.33. The highest BCUT2D eigenvalue weighted by atomic mass is 16.3. The Morgan fingerprint density at radius 2 is 2.22 bits per heavy atom. The van der Waals surface area contributed by atoms with Gasteiger partial charge >= 0.3 is 0 Å². The number of hydrogen-bond acceptors (Lipinski definition) is 5. The minimum Gasteiger partial charge on any atom is -0.451 e. The van der Waals surface area contributed by atoms with E-state index < -0.39 is 0 Å². The zero-order chi connectivity index (χ0) is 16.4. The summed E-state index contributed by atoms with van der Waals surface area (Å²) >= 11 is 0. The molecule has 0 radical (unpaired) electrons. The normalized spacial score (nSPS) is 20.7. The van der Waals surface area contributed by atoms with E-state index in [2.05, 4.69) is 22.3 Å². The van der Waals surface area contributed by atoms with Gasteiger partial charge in [0, 0.05) is 32.9 Å². The number of aryl methyl sites for hydroxylation is 1. The number of aromatic nitrogens is 3. The molecule has 122 valence electrons. The molecule has 2 unspecified atom stereocenters. The monoisotopic (exact) mass is 317 g/mol. The Kier molecular flexibility index (Phi) is 4.14. The Labute approximate surface area is 133 Å². The molecule has 1 saturated heterocycles. The molecule has 1 aliphatic rings. The summed E-state index contributed by atoms with van der Waals surface area (Å²) in [4.78, 5) is 29.9. The molecule has 0 aromatic carbocycles. The highest BCUT2D eigenvalue weighted by Crippen LogP contribution is 2.23. The van der Waals surface area contributed by atoms with Crippen molar-refractivity contribution in [1.29, 1.82) is 0 Å². The molecule has 8 heteroatoms. The number of carbonyl (C=O) groups is 2. The van der Waals surface area contributed by atoms with Crippen molar-refractivity contribution in [2.75, 3.05) is 19.6 Å². The number of nitrogens with one attached hydrogen (secondary N) is 1. The highest BCUT2D eigenvalue weighted by molar-refractivity contribution is 5.92. The molecule has 2 aromatic heterocycles. The number of rotatable bonds is 4. The van der Waals surface area contributed by atoms with Crippen molar-refractivity contribution < 1.29 is 14.0 Å². The maximum atomic E-state index is 12.4. The van der Waals surface area contributed by atoms with Crippen molar-refractivity contribution in [2.45, 2.75) is 6.92 Å². The molecule has 2 amide bonds. The van der Waals surface area contributed by atoms with Gasteiger partial charge in [0.05, 0.1) is 0 Å². The second-order valence-electron chi connectivity index (χ2n) is 5.91. The summed E-state index contributed by atoms with van der Waals surface area (Å²) in [6.45, 7) is 3.85. The summed E-state index contributed by atoms with van der Waals surface area (Å²) in [5.74, 6) is 0.182. The number of carbonyl (C=O) groups excluding carboxylic acids is 2. The fourth-order valence-corrected chi connectivity index (χ4v) is 2.80. The van der Waals surface area contributed by atoms with E-state index in [1.165, 1.54) is 12.7 Å². The lowest BCUT2D eigenvalue weighted by atomic mass is 9.98. The maximum Gasteiger partial charge on any atom is 0.274 e. The molecule has 1 fully saturated rings. The second-order valence-corrected chi connectivity index (χ2v) is 5.91. The quantitative estimate of drug-likeness (QED) is 0.888. The van der Waals surface area contributed by atoms with Crippen LogP contribution in [0, 0.1) is 11.8 Å². The van der Waals surface area contributed by atoms with Gasteiger partial charge in [0.1, 0.15) is 12.0 Å². The number of likely N-dealkylation sites (tertiary alicyclic amines) is 1. The van der Waals surface area contributed by atoms with Gasteiger partial charge in [0.25, 0.3) is 11.8 Å². The first-order valence-electron chi connectivity index (χ1n) is 7.50. The first-order valence-corrected chi connectivity index (χ1v) is 7.50. The Morgan fingerprint density at radius 3 is 2.87 bits per heavy atom. The fraction of sp³-hybridized carbons (Fsp3) is 0.467. The minimum absolute atomic E-state index is 0.0669. The molecule has 23 heavy (non-hydrogen) atoms. The molecular weight excluding hydrogens is 298 g/mol. The largest absolute Gasteiger partial charge is 0.451 e. The first kappa shape index (κ1) is 15.3. The van der Waals surface area contributed by atoms with Crippen molar-refractivity contribution in [3.05, 3.63) is 36.3 Å². The molecule has 0 aliphatic carbocycles. The molecule has 2 atom stereocenters. The Hall–Kier alpha value is -2.64. The van der Waals surface area contributed by atoms with E-state index in [-0.39, 0.29) is 23.4 Å². The van der Waals surface area contributed by atoms with Gasteiger partial charge in [-0.15, -0.1) is 0 Å². The molecule has 8 nitrogen and oxygen atoms in total. The SMILES string of the molecule is CC1CN(C(=O)c2ccn(C)n2)CC1CNC(=O)c1cocn1. The average molecular weight is 317 g/mol. The molecule has 0 spiro atoms. The summed E-state index contributed by atoms with van der Waals surface area (Å²) in [5.41, 5.74) is 0.712. The van der Waals surface area contributed by atoms with Gasteiger partial charge in [-0.1, -0.05) is 6.92 Å². The Balaban J connectivity index is 1.56. The van der Waals surface area contributed by atoms with Gasteiger partial charge in [0.15, 0.2) is 12.1 Å². The van der Waals surface area contributed by atoms with Crippen LogP contribution in [0.15, 0.2) is 29.3 Å². The van der Waals surface area contributed by atoms with Crippen LogP contribution in [0.4, 0.5) is 0 Å². The molecule has 2 aromatic rings. The number of oxazole rings is 1. The van der Waals surface area contributed by atoms with Crippen molar-refractivity contribution >= 4 is 11.8 Å². The number of amides is 2. The lowest BCUT2D eigenvalue weighted by Crippen LogP contribution is -2.33. The third-order valence-electron chi connectivity index (χ3n) is 4.18. The van der Waals surface area contributed by atoms with Gasteiger partial charge < -0.3 is 14.6 Å². The molecule has 3 rings (SSSR count). The van der Waals surface area contributed by atoms with Gasteiger partial charge in [-0.2, -0.15) is 5.10 Å². The van der Waals surface area contributed by atoms with Crippen LogP contribution < -0.4 is 5.32 Å². The zero-order valence-corrected chi connectivity index (χ0v) is 13.1. The minimum atomic E-state index is -0.263. The van der Waals surface area contributed by atoms with E-state index in [9.17, 15) is 9.59 Å². The third-order valence-corrected chi connectivity index (χ3v) is 4.18. The Morgan fingerprint density at radius 1 is 1.39 bits per heavy atom. The van der Waals surface area contributed by atoms with Gasteiger partial charge in [0.2, 0.25) is 0 Å². The van der Waals surface area contributed by atoms with Crippen LogP contribution in [0.1, 0.15) is 27.9 Å². The molecule has 3 heterocycles. The van der Waals surface area contributed by atoms with E-state index in [1.54, 1.807) is 28.9 Å². The van der Waals surface area contributed by atoms with E-state index in [0.29, 0.717) is 31.2 Å². The number of hydrogen-bond donors (Lipinski definition) is 1. The van der Waals surface area contributed by atoms with Crippen LogP contribution in [-0.4, -0.2) is 51.1 Å². The first-order chi connectivity index (χ1) is 11.0. The summed E-state index contributed by atoms with van der Waals surface area (Å²) in [6, 6.07) is 1.71. The van der Waals surface area contributed by atoms with Crippen LogP contribution >= 0.6 is 0 Å². The smallest absolute Gasteiger partial charge is 0.274 e. The van der Waals surface area contributed by atoms with E-state index in [0.717, 1.165) is 0 Å². The number of nitrogens with zero attached hydrogens (tertiary/aromatic N) is 4. The van der Waals surface area contributed by atoms with E-state index in [4.69, 9.17) is 4.42 Å². The van der Waals surface area contributed by atoms with Crippen LogP contribution in [0.2, 0.25) is 0 Å². The van der Waals surface area contributed by atoms with Crippen LogP contribution in [0.5, 0.6) is 0 Å². The predicted molar refractivity (Wildman–Crippen MR) is 80.6 cm³/mol. The summed E-state index contributed by atoms with van der Waals surface area (Å²) in [6.07, 6.45) is 4.28. The lowest BCUT2D eigenvalue weighted by molar-refractivity contribution is 0.0778. The average Bonchev–Trinajstić information content (AvgIpc) is 3.25. The van der Waals surface area contributed by atoms with Crippen molar-refractivity contribution in [3.63, 3.8) is 0 Å². The van der Waals surface area contributed by atoms with Crippen molar-refractivity contribution in [3.8, 4) is 0 Å². The predicted octanol–water partition coefficient (Wildman–Crippen LogP) is 0.546. The van der Waals surface area contributed by atoms with E-state index >= 15 is 0 Å². The Bertz CT molecular complexity index is 694. The van der Waals surface area contributed by atoms with Crippen LogP contribution in [-0.2, 0) is 7.05 Å². The third kappa shape index (κ3) is 3.25. The van der Waals surface area contributed by atoms with Crippen LogP contribution in [0.25, 0.3) is 0 Å². The van der Waals surface area contributed by atoms with E-state index in [1.807, 2.05) is 0 Å². The molecule has 0 saturated carbocycles. The maximum absolute atomic E-state index is 12.4. The van der Waals surface area contributed by atoms with Gasteiger partial charge in [-0.3, -0.25) is 14.3 Å². The fourth-order valence-electron chi connectivity index (χ4n) is 2.80. The van der Waals surface area contributed by atoms with Crippen molar-refractivity contribution in [2.24, 2.45) is 18.9 Å². The molecule has 0 bridgehead atoms. The zero-order valence-electron chi connectivity index (χ0n) is 13.1. The molecule has 1 aliphatic heterocycles. The summed E-state index contributed by atoms with van der Waals surface area (Å²) in [7, 11) is 1.78. The summed E-state index contributed by atoms with van der Waals surface area (Å²) in [5, 5.41) is 6.99. The molecular formula is C15H19N5O3. The standard InChI is InChI=1S/C15H19N5O3/c1-10-6-20(15(22)12-3-4-19(2)18-12)7-11(10)5-16-14(21)13-8-23-9-17-13/h3-4,8-11H,5-7H2,1-2H3,(H,16,21). The van der Waals surface area contributed by atoms with Crippen LogP contribution in [0.3, 0.4) is 0 Å². The second kappa shape index (κ2) is 6.23. The van der Waals surface area contributed by atoms with Gasteiger partial charge in [-0.25, -0.2) is 4.98 Å². The molecule has 1 N–H and O–H groups in total. The topological polar surface area (TPSA) is 93.3 Å². The summed E-state index contributed by atoms with van der Waals surface area (Å²) < 4.78 is 6.41. The van der Waals surface area contributed by atoms with Gasteiger partial charge in [-0.05, 0) is 17.9 Å². The van der Waals surface area contributed by atoms with Crippen molar-refractivity contribution in [1.82, 2.24) is 25.0 Å². The lowest BCUT2D eigenvalue weighted by Gasteiger charge is -2.15.